The first-order chi connectivity index (χ1) is 7.85. The minimum atomic E-state index is -0.132. The highest BCUT2D eigenvalue weighted by Crippen LogP contribution is 2.16. The third-order valence-corrected chi connectivity index (χ3v) is 2.19. The highest BCUT2D eigenvalue weighted by Gasteiger charge is 2.04. The number of aromatic nitrogens is 3. The molecule has 1 aromatic carbocycles. The highest BCUT2D eigenvalue weighted by atomic mass is 16.5. The molecule has 1 heterocycles. The molecule has 0 unspecified atom stereocenters. The highest BCUT2D eigenvalue weighted by molar-refractivity contribution is 5.37. The monoisotopic (exact) mass is 219 g/mol. The number of nitrogens with zero attached hydrogens (tertiary/aromatic N) is 3. The van der Waals surface area contributed by atoms with E-state index in [0.29, 0.717) is 12.4 Å². The molecule has 0 aliphatic rings. The molecule has 2 rings (SSSR count). The number of hydrogen-bond donors (Lipinski definition) is 1. The summed E-state index contributed by atoms with van der Waals surface area (Å²) in [4.78, 5) is 0. The first kappa shape index (κ1) is 10.6. The van der Waals surface area contributed by atoms with Crippen LogP contribution in [0, 0.1) is 0 Å². The van der Waals surface area contributed by atoms with Gasteiger partial charge in [-0.25, -0.2) is 0 Å². The van der Waals surface area contributed by atoms with Gasteiger partial charge in [-0.2, -0.15) is 0 Å². The standard InChI is InChI=1S/C11H13N3O2/c1-2-16-10-5-3-9(4-6-10)14-8-12-13-11(14)7-15/h3-6,8,15H,2,7H2,1H3. The molecule has 0 amide bonds. The van der Waals surface area contributed by atoms with E-state index in [1.807, 2.05) is 31.2 Å². The van der Waals surface area contributed by atoms with Gasteiger partial charge in [0.05, 0.1) is 6.61 Å². The van der Waals surface area contributed by atoms with Gasteiger partial charge in [0, 0.05) is 5.69 Å². The SMILES string of the molecule is CCOc1ccc(-n2cnnc2CO)cc1. The van der Waals surface area contributed by atoms with Crippen molar-refractivity contribution in [3.63, 3.8) is 0 Å². The van der Waals surface area contributed by atoms with E-state index in [1.165, 1.54) is 0 Å². The zero-order chi connectivity index (χ0) is 11.4. The topological polar surface area (TPSA) is 60.2 Å². The first-order valence-corrected chi connectivity index (χ1v) is 5.08. The molecule has 0 atom stereocenters. The van der Waals surface area contributed by atoms with Crippen molar-refractivity contribution in [1.82, 2.24) is 14.8 Å². The molecule has 5 nitrogen and oxygen atoms in total. The molecular weight excluding hydrogens is 206 g/mol. The molecule has 5 heteroatoms. The van der Waals surface area contributed by atoms with Crippen LogP contribution in [0.5, 0.6) is 5.75 Å². The average Bonchev–Trinajstić information content (AvgIpc) is 2.78. The van der Waals surface area contributed by atoms with Gasteiger partial charge in [0.15, 0.2) is 5.82 Å². The molecule has 0 radical (unpaired) electrons. The summed E-state index contributed by atoms with van der Waals surface area (Å²) in [5.41, 5.74) is 0.900. The Bertz CT molecular complexity index is 451. The van der Waals surface area contributed by atoms with Crippen molar-refractivity contribution in [1.29, 1.82) is 0 Å². The molecule has 0 fully saturated rings. The number of aliphatic hydroxyl groups excluding tert-OH is 1. The third-order valence-electron chi connectivity index (χ3n) is 2.19. The van der Waals surface area contributed by atoms with Gasteiger partial charge < -0.3 is 9.84 Å². The molecular formula is C11H13N3O2. The maximum Gasteiger partial charge on any atom is 0.163 e. The maximum atomic E-state index is 9.06. The van der Waals surface area contributed by atoms with Crippen molar-refractivity contribution in [2.24, 2.45) is 0 Å². The fraction of sp³-hybridized carbons (Fsp3) is 0.273. The van der Waals surface area contributed by atoms with Gasteiger partial charge >= 0.3 is 0 Å². The second-order valence-corrected chi connectivity index (χ2v) is 3.20. The predicted molar refractivity (Wildman–Crippen MR) is 58.5 cm³/mol. The van der Waals surface area contributed by atoms with Gasteiger partial charge in [-0.05, 0) is 31.2 Å². The van der Waals surface area contributed by atoms with Gasteiger partial charge in [-0.15, -0.1) is 10.2 Å². The van der Waals surface area contributed by atoms with E-state index in [0.717, 1.165) is 11.4 Å². The summed E-state index contributed by atoms with van der Waals surface area (Å²) in [5.74, 6) is 1.34. The van der Waals surface area contributed by atoms with E-state index in [9.17, 15) is 0 Å². The summed E-state index contributed by atoms with van der Waals surface area (Å²) in [6, 6.07) is 7.54. The molecule has 0 aliphatic carbocycles. The summed E-state index contributed by atoms with van der Waals surface area (Å²) in [6.45, 7) is 2.46. The van der Waals surface area contributed by atoms with Gasteiger partial charge in [0.25, 0.3) is 0 Å². The number of hydrogen-bond acceptors (Lipinski definition) is 4. The second-order valence-electron chi connectivity index (χ2n) is 3.20. The largest absolute Gasteiger partial charge is 0.494 e. The molecule has 0 saturated carbocycles. The zero-order valence-electron chi connectivity index (χ0n) is 9.00. The lowest BCUT2D eigenvalue weighted by Gasteiger charge is -2.06. The predicted octanol–water partition coefficient (Wildman–Crippen LogP) is 1.16. The Morgan fingerprint density at radius 1 is 1.31 bits per heavy atom. The van der Waals surface area contributed by atoms with Crippen LogP contribution in [0.15, 0.2) is 30.6 Å². The molecule has 0 aliphatic heterocycles. The van der Waals surface area contributed by atoms with Gasteiger partial charge in [-0.3, -0.25) is 4.57 Å². The zero-order valence-corrected chi connectivity index (χ0v) is 9.00. The van der Waals surface area contributed by atoms with Crippen molar-refractivity contribution in [3.05, 3.63) is 36.4 Å². The van der Waals surface area contributed by atoms with Crippen molar-refractivity contribution in [2.45, 2.75) is 13.5 Å². The summed E-state index contributed by atoms with van der Waals surface area (Å²) in [7, 11) is 0. The fourth-order valence-electron chi connectivity index (χ4n) is 1.45. The fourth-order valence-corrected chi connectivity index (χ4v) is 1.45. The first-order valence-electron chi connectivity index (χ1n) is 5.08. The molecule has 0 bridgehead atoms. The Balaban J connectivity index is 2.27. The van der Waals surface area contributed by atoms with Crippen molar-refractivity contribution >= 4 is 0 Å². The van der Waals surface area contributed by atoms with E-state index in [-0.39, 0.29) is 6.61 Å². The second kappa shape index (κ2) is 4.76. The minimum Gasteiger partial charge on any atom is -0.494 e. The third kappa shape index (κ3) is 2.04. The molecule has 1 N–H and O–H groups in total. The van der Waals surface area contributed by atoms with E-state index in [2.05, 4.69) is 10.2 Å². The molecule has 16 heavy (non-hydrogen) atoms. The Labute approximate surface area is 93.3 Å². The molecule has 0 saturated heterocycles. The van der Waals surface area contributed by atoms with Crippen molar-refractivity contribution in [2.75, 3.05) is 6.61 Å². The summed E-state index contributed by atoms with van der Waals surface area (Å²) in [6.07, 6.45) is 1.57. The van der Waals surface area contributed by atoms with Crippen LogP contribution in [0.3, 0.4) is 0 Å². The molecule has 1 aromatic heterocycles. The van der Waals surface area contributed by atoms with E-state index < -0.39 is 0 Å². The van der Waals surface area contributed by atoms with Crippen LogP contribution in [0.2, 0.25) is 0 Å². The lowest BCUT2D eigenvalue weighted by molar-refractivity contribution is 0.269. The van der Waals surface area contributed by atoms with Gasteiger partial charge in [-0.1, -0.05) is 0 Å². The summed E-state index contributed by atoms with van der Waals surface area (Å²) >= 11 is 0. The van der Waals surface area contributed by atoms with Crippen molar-refractivity contribution in [3.8, 4) is 11.4 Å². The Morgan fingerprint density at radius 3 is 2.69 bits per heavy atom. The summed E-state index contributed by atoms with van der Waals surface area (Å²) in [5, 5.41) is 16.6. The van der Waals surface area contributed by atoms with E-state index in [4.69, 9.17) is 9.84 Å². The average molecular weight is 219 g/mol. The Kier molecular flexibility index (Phi) is 3.16. The van der Waals surface area contributed by atoms with Crippen LogP contribution >= 0.6 is 0 Å². The number of ether oxygens (including phenoxy) is 1. The van der Waals surface area contributed by atoms with E-state index in [1.54, 1.807) is 10.9 Å². The van der Waals surface area contributed by atoms with Crippen LogP contribution in [0.4, 0.5) is 0 Å². The maximum absolute atomic E-state index is 9.06. The normalized spacial score (nSPS) is 10.4. The van der Waals surface area contributed by atoms with Crippen LogP contribution < -0.4 is 4.74 Å². The van der Waals surface area contributed by atoms with Crippen LogP contribution in [-0.2, 0) is 6.61 Å². The number of benzene rings is 1. The van der Waals surface area contributed by atoms with E-state index >= 15 is 0 Å². The minimum absolute atomic E-state index is 0.132. The van der Waals surface area contributed by atoms with Crippen molar-refractivity contribution < 1.29 is 9.84 Å². The molecule has 2 aromatic rings. The lowest BCUT2D eigenvalue weighted by atomic mass is 10.3. The van der Waals surface area contributed by atoms with Crippen LogP contribution in [0.25, 0.3) is 5.69 Å². The van der Waals surface area contributed by atoms with Gasteiger partial charge in [0.1, 0.15) is 18.7 Å². The quantitative estimate of drug-likeness (QED) is 0.838. The van der Waals surface area contributed by atoms with Gasteiger partial charge in [0.2, 0.25) is 0 Å². The molecule has 84 valence electrons. The Hall–Kier alpha value is -1.88. The lowest BCUT2D eigenvalue weighted by Crippen LogP contribution is -2.00. The number of rotatable bonds is 4. The van der Waals surface area contributed by atoms with Crippen LogP contribution in [-0.4, -0.2) is 26.5 Å². The van der Waals surface area contributed by atoms with Crippen LogP contribution in [0.1, 0.15) is 12.7 Å². The number of aliphatic hydroxyl groups is 1. The smallest absolute Gasteiger partial charge is 0.163 e. The Morgan fingerprint density at radius 2 is 2.06 bits per heavy atom. The molecule has 0 spiro atoms. The summed E-state index contributed by atoms with van der Waals surface area (Å²) < 4.78 is 7.08.